The summed E-state index contributed by atoms with van der Waals surface area (Å²) in [6, 6.07) is 16.2. The van der Waals surface area contributed by atoms with E-state index in [1.165, 1.54) is 5.56 Å². The van der Waals surface area contributed by atoms with Crippen LogP contribution in [0.25, 0.3) is 0 Å². The van der Waals surface area contributed by atoms with Crippen LogP contribution in [0.2, 0.25) is 0 Å². The van der Waals surface area contributed by atoms with Crippen LogP contribution in [0.1, 0.15) is 17.7 Å². The number of nitriles is 1. The van der Waals surface area contributed by atoms with Gasteiger partial charge in [0, 0.05) is 12.7 Å². The van der Waals surface area contributed by atoms with E-state index in [0.29, 0.717) is 5.69 Å². The standard InChI is InChI=1S/C15H15N3/c16-12-15-14(9-5-11-18-15)17-10-4-8-13-6-2-1-3-7-13/h1-3,5-7,9,11,17H,4,8,10H2. The molecule has 0 unspecified atom stereocenters. The number of rotatable bonds is 5. The smallest absolute Gasteiger partial charge is 0.163 e. The van der Waals surface area contributed by atoms with Gasteiger partial charge in [-0.3, -0.25) is 0 Å². The highest BCUT2D eigenvalue weighted by Crippen LogP contribution is 2.11. The zero-order valence-electron chi connectivity index (χ0n) is 10.1. The van der Waals surface area contributed by atoms with Gasteiger partial charge in [0.05, 0.1) is 5.69 Å². The van der Waals surface area contributed by atoms with Gasteiger partial charge in [-0.25, -0.2) is 4.98 Å². The summed E-state index contributed by atoms with van der Waals surface area (Å²) in [5.74, 6) is 0. The van der Waals surface area contributed by atoms with E-state index in [0.717, 1.165) is 25.1 Å². The summed E-state index contributed by atoms with van der Waals surface area (Å²) < 4.78 is 0. The van der Waals surface area contributed by atoms with Gasteiger partial charge in [0.25, 0.3) is 0 Å². The van der Waals surface area contributed by atoms with E-state index in [-0.39, 0.29) is 0 Å². The SMILES string of the molecule is N#Cc1ncccc1NCCCc1ccccc1. The van der Waals surface area contributed by atoms with Gasteiger partial charge in [0.2, 0.25) is 0 Å². The number of aryl methyl sites for hydroxylation is 1. The highest BCUT2D eigenvalue weighted by molar-refractivity contribution is 5.53. The molecule has 0 atom stereocenters. The Kier molecular flexibility index (Phi) is 4.32. The van der Waals surface area contributed by atoms with E-state index < -0.39 is 0 Å². The van der Waals surface area contributed by atoms with Gasteiger partial charge in [-0.2, -0.15) is 5.26 Å². The van der Waals surface area contributed by atoms with E-state index in [1.54, 1.807) is 6.20 Å². The minimum atomic E-state index is 0.456. The fraction of sp³-hybridized carbons (Fsp3) is 0.200. The normalized spacial score (nSPS) is 9.72. The van der Waals surface area contributed by atoms with Gasteiger partial charge in [0.15, 0.2) is 5.69 Å². The lowest BCUT2D eigenvalue weighted by atomic mass is 10.1. The average Bonchev–Trinajstić information content (AvgIpc) is 2.45. The van der Waals surface area contributed by atoms with Crippen molar-refractivity contribution in [3.63, 3.8) is 0 Å². The highest BCUT2D eigenvalue weighted by atomic mass is 14.9. The molecule has 0 amide bonds. The first kappa shape index (κ1) is 12.1. The van der Waals surface area contributed by atoms with Crippen molar-refractivity contribution in [2.45, 2.75) is 12.8 Å². The van der Waals surface area contributed by atoms with Gasteiger partial charge < -0.3 is 5.32 Å². The molecule has 0 spiro atoms. The van der Waals surface area contributed by atoms with Crippen LogP contribution in [0.5, 0.6) is 0 Å². The van der Waals surface area contributed by atoms with Crippen molar-refractivity contribution >= 4 is 5.69 Å². The second kappa shape index (κ2) is 6.41. The van der Waals surface area contributed by atoms with Crippen molar-refractivity contribution in [2.75, 3.05) is 11.9 Å². The van der Waals surface area contributed by atoms with E-state index in [1.807, 2.05) is 18.2 Å². The molecule has 0 aliphatic carbocycles. The third-order valence-electron chi connectivity index (χ3n) is 2.71. The second-order valence-electron chi connectivity index (χ2n) is 4.03. The maximum atomic E-state index is 8.90. The second-order valence-corrected chi connectivity index (χ2v) is 4.03. The summed E-state index contributed by atoms with van der Waals surface area (Å²) in [7, 11) is 0. The fourth-order valence-electron chi connectivity index (χ4n) is 1.80. The van der Waals surface area contributed by atoms with Crippen LogP contribution in [0.15, 0.2) is 48.7 Å². The molecule has 0 fully saturated rings. The van der Waals surface area contributed by atoms with Crippen molar-refractivity contribution in [3.8, 4) is 6.07 Å². The van der Waals surface area contributed by atoms with Crippen LogP contribution in [-0.4, -0.2) is 11.5 Å². The lowest BCUT2D eigenvalue weighted by molar-refractivity contribution is 0.862. The van der Waals surface area contributed by atoms with Crippen LogP contribution in [0.3, 0.4) is 0 Å². The number of hydrogen-bond donors (Lipinski definition) is 1. The van der Waals surface area contributed by atoms with Crippen molar-refractivity contribution in [3.05, 3.63) is 59.9 Å². The minimum absolute atomic E-state index is 0.456. The molecule has 18 heavy (non-hydrogen) atoms. The molecule has 0 aliphatic rings. The Labute approximate surface area is 107 Å². The third kappa shape index (κ3) is 3.33. The highest BCUT2D eigenvalue weighted by Gasteiger charge is 2.00. The topological polar surface area (TPSA) is 48.7 Å². The largest absolute Gasteiger partial charge is 0.383 e. The minimum Gasteiger partial charge on any atom is -0.383 e. The Hall–Kier alpha value is -2.34. The molecule has 0 saturated heterocycles. The van der Waals surface area contributed by atoms with Crippen LogP contribution in [-0.2, 0) is 6.42 Å². The fourth-order valence-corrected chi connectivity index (χ4v) is 1.80. The summed E-state index contributed by atoms with van der Waals surface area (Å²) >= 11 is 0. The molecule has 1 heterocycles. The first-order chi connectivity index (χ1) is 8.90. The first-order valence-electron chi connectivity index (χ1n) is 6.03. The van der Waals surface area contributed by atoms with Crippen LogP contribution in [0.4, 0.5) is 5.69 Å². The van der Waals surface area contributed by atoms with E-state index in [4.69, 9.17) is 5.26 Å². The summed E-state index contributed by atoms with van der Waals surface area (Å²) in [5, 5.41) is 12.1. The molecule has 0 radical (unpaired) electrons. The van der Waals surface area contributed by atoms with Crippen LogP contribution in [0, 0.1) is 11.3 Å². The predicted molar refractivity (Wildman–Crippen MR) is 72.2 cm³/mol. The Morgan fingerprint density at radius 1 is 1.11 bits per heavy atom. The van der Waals surface area contributed by atoms with Crippen molar-refractivity contribution < 1.29 is 0 Å². The van der Waals surface area contributed by atoms with Crippen molar-refractivity contribution in [2.24, 2.45) is 0 Å². The molecule has 0 bridgehead atoms. The number of aromatic nitrogens is 1. The lowest BCUT2D eigenvalue weighted by Gasteiger charge is -2.07. The van der Waals surface area contributed by atoms with Crippen molar-refractivity contribution in [1.82, 2.24) is 4.98 Å². The van der Waals surface area contributed by atoms with E-state index in [9.17, 15) is 0 Å². The van der Waals surface area contributed by atoms with E-state index in [2.05, 4.69) is 40.6 Å². The van der Waals surface area contributed by atoms with Gasteiger partial charge in [-0.15, -0.1) is 0 Å². The molecule has 1 aromatic heterocycles. The monoisotopic (exact) mass is 237 g/mol. The molecule has 1 N–H and O–H groups in total. The van der Waals surface area contributed by atoms with Gasteiger partial charge in [-0.05, 0) is 30.5 Å². The molecule has 90 valence electrons. The number of nitrogens with one attached hydrogen (secondary N) is 1. The Morgan fingerprint density at radius 2 is 1.94 bits per heavy atom. The number of pyridine rings is 1. The zero-order chi connectivity index (χ0) is 12.6. The van der Waals surface area contributed by atoms with Crippen LogP contribution >= 0.6 is 0 Å². The molecule has 2 aromatic rings. The summed E-state index contributed by atoms with van der Waals surface area (Å²) in [5.41, 5.74) is 2.61. The van der Waals surface area contributed by atoms with Crippen LogP contribution < -0.4 is 5.32 Å². The number of nitrogens with zero attached hydrogens (tertiary/aromatic N) is 2. The molecule has 1 aromatic carbocycles. The first-order valence-corrected chi connectivity index (χ1v) is 6.03. The van der Waals surface area contributed by atoms with Crippen molar-refractivity contribution in [1.29, 1.82) is 5.26 Å². The quantitative estimate of drug-likeness (QED) is 0.813. The lowest BCUT2D eigenvalue weighted by Crippen LogP contribution is -2.05. The Balaban J connectivity index is 1.81. The third-order valence-corrected chi connectivity index (χ3v) is 2.71. The Morgan fingerprint density at radius 3 is 2.72 bits per heavy atom. The molecule has 3 nitrogen and oxygen atoms in total. The van der Waals surface area contributed by atoms with Gasteiger partial charge >= 0.3 is 0 Å². The molecule has 0 saturated carbocycles. The van der Waals surface area contributed by atoms with Gasteiger partial charge in [-0.1, -0.05) is 30.3 Å². The maximum Gasteiger partial charge on any atom is 0.163 e. The Bertz CT molecular complexity index is 529. The number of hydrogen-bond acceptors (Lipinski definition) is 3. The molecular formula is C15H15N3. The molecule has 3 heteroatoms. The molecule has 2 rings (SSSR count). The molecular weight excluding hydrogens is 222 g/mol. The number of benzene rings is 1. The molecule has 0 aliphatic heterocycles. The zero-order valence-corrected chi connectivity index (χ0v) is 10.1. The average molecular weight is 237 g/mol. The summed E-state index contributed by atoms with van der Waals surface area (Å²) in [4.78, 5) is 4.01. The van der Waals surface area contributed by atoms with Gasteiger partial charge in [0.1, 0.15) is 6.07 Å². The predicted octanol–water partition coefficient (Wildman–Crippen LogP) is 3.00. The number of anilines is 1. The van der Waals surface area contributed by atoms with E-state index >= 15 is 0 Å². The summed E-state index contributed by atoms with van der Waals surface area (Å²) in [6.07, 6.45) is 3.70. The summed E-state index contributed by atoms with van der Waals surface area (Å²) in [6.45, 7) is 0.843. The maximum absolute atomic E-state index is 8.90.